The van der Waals surface area contributed by atoms with Crippen molar-refractivity contribution in [1.29, 1.82) is 0 Å². The number of nitrogens with one attached hydrogen (secondary N) is 2. The van der Waals surface area contributed by atoms with E-state index in [-0.39, 0.29) is 12.1 Å². The predicted octanol–water partition coefficient (Wildman–Crippen LogP) is 1.78. The second kappa shape index (κ2) is 7.26. The van der Waals surface area contributed by atoms with Crippen LogP contribution in [0.1, 0.15) is 43.7 Å². The monoisotopic (exact) mass is 319 g/mol. The van der Waals surface area contributed by atoms with Crippen molar-refractivity contribution in [2.75, 3.05) is 7.05 Å². The van der Waals surface area contributed by atoms with Gasteiger partial charge in [-0.05, 0) is 19.3 Å². The van der Waals surface area contributed by atoms with E-state index < -0.39 is 0 Å². The average molecular weight is 319 g/mol. The maximum atomic E-state index is 12.5. The summed E-state index contributed by atoms with van der Waals surface area (Å²) >= 11 is 0. The van der Waals surface area contributed by atoms with E-state index >= 15 is 0 Å². The van der Waals surface area contributed by atoms with Gasteiger partial charge >= 0.3 is 6.03 Å². The molecule has 0 aliphatic heterocycles. The molecular formula is C15H25N7O. The lowest BCUT2D eigenvalue weighted by Gasteiger charge is -2.23. The highest BCUT2D eigenvalue weighted by molar-refractivity contribution is 5.74. The Morgan fingerprint density at radius 2 is 2.17 bits per heavy atom. The Hall–Kier alpha value is -2.38. The van der Waals surface area contributed by atoms with Crippen LogP contribution < -0.4 is 5.32 Å². The van der Waals surface area contributed by atoms with Crippen molar-refractivity contribution in [2.24, 2.45) is 13.0 Å². The van der Waals surface area contributed by atoms with Gasteiger partial charge in [0.25, 0.3) is 0 Å². The summed E-state index contributed by atoms with van der Waals surface area (Å²) in [7, 11) is 3.58. The van der Waals surface area contributed by atoms with E-state index in [2.05, 4.69) is 39.2 Å². The maximum Gasteiger partial charge on any atom is 0.318 e. The number of carbonyl (C=O) groups is 1. The zero-order chi connectivity index (χ0) is 17.0. The Balaban J connectivity index is 2.03. The SMILES string of the molecule is Cc1cnc(CN(C)C(=O)N[C@@H](CC(C)C)c2ncnn2C)[nH]1. The molecule has 2 aromatic rings. The molecule has 8 nitrogen and oxygen atoms in total. The third kappa shape index (κ3) is 4.54. The van der Waals surface area contributed by atoms with Gasteiger partial charge in [-0.2, -0.15) is 5.10 Å². The number of carbonyl (C=O) groups excluding carboxylic acids is 1. The van der Waals surface area contributed by atoms with E-state index in [4.69, 9.17) is 0 Å². The fourth-order valence-electron chi connectivity index (χ4n) is 2.42. The molecule has 0 spiro atoms. The highest BCUT2D eigenvalue weighted by Gasteiger charge is 2.22. The van der Waals surface area contributed by atoms with E-state index in [1.807, 2.05) is 14.0 Å². The number of rotatable bonds is 6. The number of hydrogen-bond acceptors (Lipinski definition) is 4. The molecule has 0 fully saturated rings. The smallest absolute Gasteiger partial charge is 0.318 e. The number of nitrogens with zero attached hydrogens (tertiary/aromatic N) is 5. The van der Waals surface area contributed by atoms with Crippen LogP contribution in [0.25, 0.3) is 0 Å². The number of aryl methyl sites for hydroxylation is 2. The molecule has 0 aromatic carbocycles. The molecule has 2 aromatic heterocycles. The first kappa shape index (κ1) is 17.0. The van der Waals surface area contributed by atoms with E-state index in [0.717, 1.165) is 23.8 Å². The van der Waals surface area contributed by atoms with Crippen LogP contribution in [0, 0.1) is 12.8 Å². The molecule has 0 unspecified atom stereocenters. The van der Waals surface area contributed by atoms with Crippen molar-refractivity contribution in [3.63, 3.8) is 0 Å². The number of urea groups is 1. The number of imidazole rings is 1. The summed E-state index contributed by atoms with van der Waals surface area (Å²) in [4.78, 5) is 25.7. The number of aromatic nitrogens is 5. The summed E-state index contributed by atoms with van der Waals surface area (Å²) in [5.74, 6) is 1.95. The molecule has 2 N–H and O–H groups in total. The first-order chi connectivity index (χ1) is 10.9. The van der Waals surface area contributed by atoms with Crippen molar-refractivity contribution < 1.29 is 4.79 Å². The molecule has 0 radical (unpaired) electrons. The second-order valence-electron chi connectivity index (χ2n) is 6.24. The van der Waals surface area contributed by atoms with Crippen LogP contribution in [0.3, 0.4) is 0 Å². The average Bonchev–Trinajstić information content (AvgIpc) is 3.06. The molecule has 1 atom stereocenters. The largest absolute Gasteiger partial charge is 0.345 e. The van der Waals surface area contributed by atoms with Crippen LogP contribution in [-0.2, 0) is 13.6 Å². The van der Waals surface area contributed by atoms with Crippen LogP contribution >= 0.6 is 0 Å². The molecule has 0 saturated carbocycles. The van der Waals surface area contributed by atoms with E-state index in [1.165, 1.54) is 6.33 Å². The van der Waals surface area contributed by atoms with Crippen LogP contribution in [-0.4, -0.2) is 42.7 Å². The Morgan fingerprint density at radius 1 is 1.43 bits per heavy atom. The highest BCUT2D eigenvalue weighted by Crippen LogP contribution is 2.19. The molecule has 23 heavy (non-hydrogen) atoms. The van der Waals surface area contributed by atoms with Gasteiger partial charge in [0.2, 0.25) is 0 Å². The lowest BCUT2D eigenvalue weighted by atomic mass is 10.0. The summed E-state index contributed by atoms with van der Waals surface area (Å²) in [6.07, 6.45) is 4.05. The van der Waals surface area contributed by atoms with Crippen molar-refractivity contribution in [3.8, 4) is 0 Å². The first-order valence-electron chi connectivity index (χ1n) is 7.72. The third-order valence-electron chi connectivity index (χ3n) is 3.55. The number of hydrogen-bond donors (Lipinski definition) is 2. The zero-order valence-corrected chi connectivity index (χ0v) is 14.4. The molecular weight excluding hydrogens is 294 g/mol. The lowest BCUT2D eigenvalue weighted by Crippen LogP contribution is -2.40. The molecule has 126 valence electrons. The predicted molar refractivity (Wildman–Crippen MR) is 86.5 cm³/mol. The van der Waals surface area contributed by atoms with Gasteiger partial charge in [-0.3, -0.25) is 4.68 Å². The Morgan fingerprint density at radius 3 is 2.70 bits per heavy atom. The van der Waals surface area contributed by atoms with Crippen LogP contribution in [0.2, 0.25) is 0 Å². The van der Waals surface area contributed by atoms with Gasteiger partial charge in [0.1, 0.15) is 18.0 Å². The van der Waals surface area contributed by atoms with E-state index in [1.54, 1.807) is 22.8 Å². The number of H-pyrrole nitrogens is 1. The summed E-state index contributed by atoms with van der Waals surface area (Å²) < 4.78 is 1.70. The normalized spacial score (nSPS) is 12.4. The highest BCUT2D eigenvalue weighted by atomic mass is 16.2. The lowest BCUT2D eigenvalue weighted by molar-refractivity contribution is 0.198. The second-order valence-corrected chi connectivity index (χ2v) is 6.24. The van der Waals surface area contributed by atoms with Gasteiger partial charge in [-0.1, -0.05) is 13.8 Å². The van der Waals surface area contributed by atoms with Gasteiger partial charge in [0.15, 0.2) is 0 Å². The Labute approximate surface area is 136 Å². The van der Waals surface area contributed by atoms with Crippen molar-refractivity contribution >= 4 is 6.03 Å². The number of aromatic amines is 1. The maximum absolute atomic E-state index is 12.5. The Bertz CT molecular complexity index is 646. The minimum absolute atomic E-state index is 0.160. The van der Waals surface area contributed by atoms with Crippen LogP contribution in [0.5, 0.6) is 0 Å². The standard InChI is InChI=1S/C15H25N7O/c1-10(2)6-12(14-17-9-18-22(14)5)20-15(23)21(4)8-13-16-7-11(3)19-13/h7,9-10,12H,6,8H2,1-5H3,(H,16,19)(H,20,23)/t12-/m0/s1. The molecule has 0 aliphatic rings. The first-order valence-corrected chi connectivity index (χ1v) is 7.72. The number of amides is 2. The summed E-state index contributed by atoms with van der Waals surface area (Å²) in [6.45, 7) is 6.59. The molecule has 2 amide bonds. The molecule has 0 bridgehead atoms. The zero-order valence-electron chi connectivity index (χ0n) is 14.4. The fourth-order valence-corrected chi connectivity index (χ4v) is 2.42. The summed E-state index contributed by atoms with van der Waals surface area (Å²) in [5, 5.41) is 7.13. The molecule has 8 heteroatoms. The van der Waals surface area contributed by atoms with Gasteiger partial charge < -0.3 is 15.2 Å². The van der Waals surface area contributed by atoms with E-state index in [0.29, 0.717) is 12.5 Å². The van der Waals surface area contributed by atoms with Gasteiger partial charge in [0.05, 0.1) is 12.6 Å². The van der Waals surface area contributed by atoms with Gasteiger partial charge in [-0.25, -0.2) is 14.8 Å². The van der Waals surface area contributed by atoms with Crippen molar-refractivity contribution in [1.82, 2.24) is 34.9 Å². The third-order valence-corrected chi connectivity index (χ3v) is 3.55. The van der Waals surface area contributed by atoms with Gasteiger partial charge in [0, 0.05) is 26.0 Å². The minimum atomic E-state index is -0.171. The molecule has 0 saturated heterocycles. The van der Waals surface area contributed by atoms with Crippen LogP contribution in [0.4, 0.5) is 4.79 Å². The summed E-state index contributed by atoms with van der Waals surface area (Å²) in [5.41, 5.74) is 0.977. The topological polar surface area (TPSA) is 91.7 Å². The van der Waals surface area contributed by atoms with Crippen molar-refractivity contribution in [3.05, 3.63) is 29.9 Å². The fraction of sp³-hybridized carbons (Fsp3) is 0.600. The quantitative estimate of drug-likeness (QED) is 0.849. The molecule has 2 heterocycles. The Kier molecular flexibility index (Phi) is 5.36. The van der Waals surface area contributed by atoms with Crippen LogP contribution in [0.15, 0.2) is 12.5 Å². The molecule has 0 aliphatic carbocycles. The minimum Gasteiger partial charge on any atom is -0.345 e. The van der Waals surface area contributed by atoms with Gasteiger partial charge in [-0.15, -0.1) is 0 Å². The molecule has 2 rings (SSSR count). The summed E-state index contributed by atoms with van der Waals surface area (Å²) in [6, 6.07) is -0.330. The van der Waals surface area contributed by atoms with E-state index in [9.17, 15) is 4.79 Å². The van der Waals surface area contributed by atoms with Crippen molar-refractivity contribution in [2.45, 2.75) is 39.8 Å².